The maximum absolute atomic E-state index is 5.63. The van der Waals surface area contributed by atoms with Crippen LogP contribution < -0.4 is 5.32 Å². The van der Waals surface area contributed by atoms with Gasteiger partial charge in [-0.25, -0.2) is 0 Å². The molecule has 0 aliphatic heterocycles. The number of benzene rings is 1. The van der Waals surface area contributed by atoms with Gasteiger partial charge in [-0.15, -0.1) is 0 Å². The number of rotatable bonds is 4. The van der Waals surface area contributed by atoms with Gasteiger partial charge >= 0.3 is 0 Å². The highest BCUT2D eigenvalue weighted by molar-refractivity contribution is 9.10. The minimum Gasteiger partial charge on any atom is -0.464 e. The fourth-order valence-corrected chi connectivity index (χ4v) is 3.16. The molecule has 0 atom stereocenters. The van der Waals surface area contributed by atoms with Gasteiger partial charge in [-0.05, 0) is 29.0 Å². The number of nitrogens with one attached hydrogen (secondary N) is 1. The summed E-state index contributed by atoms with van der Waals surface area (Å²) in [4.78, 5) is 0. The van der Waals surface area contributed by atoms with Crippen LogP contribution in [0.5, 0.6) is 0 Å². The van der Waals surface area contributed by atoms with Crippen molar-refractivity contribution >= 4 is 26.9 Å². The van der Waals surface area contributed by atoms with Gasteiger partial charge in [0.1, 0.15) is 11.8 Å². The van der Waals surface area contributed by atoms with Gasteiger partial charge in [0, 0.05) is 31.0 Å². The highest BCUT2D eigenvalue weighted by Gasteiger charge is 2.18. The Labute approximate surface area is 125 Å². The van der Waals surface area contributed by atoms with Crippen LogP contribution in [-0.4, -0.2) is 23.4 Å². The van der Waals surface area contributed by atoms with Crippen LogP contribution >= 0.6 is 15.9 Å². The maximum Gasteiger partial charge on any atom is 0.134 e. The molecule has 20 heavy (non-hydrogen) atoms. The van der Waals surface area contributed by atoms with Gasteiger partial charge in [0.25, 0.3) is 0 Å². The number of hydrogen-bond acceptors (Lipinski definition) is 3. The zero-order chi connectivity index (χ0) is 14.1. The van der Waals surface area contributed by atoms with Crippen LogP contribution in [0.1, 0.15) is 5.69 Å². The summed E-state index contributed by atoms with van der Waals surface area (Å²) in [5.74, 6) is 0. The van der Waals surface area contributed by atoms with Crippen LogP contribution in [0.3, 0.4) is 0 Å². The lowest BCUT2D eigenvalue weighted by Crippen LogP contribution is -2.11. The predicted molar refractivity (Wildman–Crippen MR) is 83.7 cm³/mol. The summed E-state index contributed by atoms with van der Waals surface area (Å²) in [7, 11) is 3.91. The molecule has 0 radical (unpaired) electrons. The molecular weight excluding hydrogens is 318 g/mol. The number of aromatic nitrogens is 2. The van der Waals surface area contributed by atoms with Crippen LogP contribution in [-0.2, 0) is 13.5 Å². The Kier molecular flexibility index (Phi) is 3.63. The molecule has 0 spiro atoms. The molecule has 1 aromatic carbocycles. The van der Waals surface area contributed by atoms with Gasteiger partial charge in [-0.3, -0.25) is 4.68 Å². The Morgan fingerprint density at radius 1 is 1.35 bits per heavy atom. The van der Waals surface area contributed by atoms with Crippen LogP contribution in [0.4, 0.5) is 0 Å². The number of aryl methyl sites for hydroxylation is 1. The van der Waals surface area contributed by atoms with Crippen molar-refractivity contribution in [1.29, 1.82) is 0 Å². The van der Waals surface area contributed by atoms with Crippen molar-refractivity contribution < 1.29 is 4.42 Å². The zero-order valence-corrected chi connectivity index (χ0v) is 13.1. The Bertz CT molecular complexity index is 745. The largest absolute Gasteiger partial charge is 0.464 e. The number of furan rings is 1. The van der Waals surface area contributed by atoms with Gasteiger partial charge in [-0.1, -0.05) is 18.2 Å². The lowest BCUT2D eigenvalue weighted by Gasteiger charge is -2.00. The van der Waals surface area contributed by atoms with E-state index in [0.717, 1.165) is 45.4 Å². The van der Waals surface area contributed by atoms with Crippen LogP contribution in [0.25, 0.3) is 22.2 Å². The van der Waals surface area contributed by atoms with Crippen molar-refractivity contribution in [2.24, 2.45) is 7.05 Å². The lowest BCUT2D eigenvalue weighted by atomic mass is 10.1. The average Bonchev–Trinajstić information content (AvgIpc) is 2.98. The summed E-state index contributed by atoms with van der Waals surface area (Å²) < 4.78 is 8.58. The molecule has 0 saturated heterocycles. The molecule has 0 aliphatic rings. The molecule has 104 valence electrons. The second kappa shape index (κ2) is 5.42. The molecule has 2 heterocycles. The minimum atomic E-state index is 0.890. The van der Waals surface area contributed by atoms with Gasteiger partial charge in [-0.2, -0.15) is 5.10 Å². The topological polar surface area (TPSA) is 43.0 Å². The van der Waals surface area contributed by atoms with Gasteiger partial charge in [0.05, 0.1) is 15.9 Å². The monoisotopic (exact) mass is 333 g/mol. The van der Waals surface area contributed by atoms with Crippen LogP contribution in [0.15, 0.2) is 39.4 Å². The standard InChI is InChI=1S/C15H16BrN3O/c1-17-8-7-12-14(16)15(19(2)18-12)11-9-20-13-6-4-3-5-10(11)13/h3-6,9,17H,7-8H2,1-2H3. The first-order chi connectivity index (χ1) is 9.72. The molecule has 1 N–H and O–H groups in total. The minimum absolute atomic E-state index is 0.890. The van der Waals surface area contributed by atoms with Crippen LogP contribution in [0.2, 0.25) is 0 Å². The molecule has 2 aromatic heterocycles. The fraction of sp³-hybridized carbons (Fsp3) is 0.267. The summed E-state index contributed by atoms with van der Waals surface area (Å²) in [5, 5.41) is 8.85. The third-order valence-corrected chi connectivity index (χ3v) is 4.24. The predicted octanol–water partition coefficient (Wildman–Crippen LogP) is 3.36. The first kappa shape index (κ1) is 13.4. The van der Waals surface area contributed by atoms with E-state index >= 15 is 0 Å². The smallest absolute Gasteiger partial charge is 0.134 e. The van der Waals surface area contributed by atoms with E-state index in [4.69, 9.17) is 4.42 Å². The van der Waals surface area contributed by atoms with E-state index in [0.29, 0.717) is 0 Å². The summed E-state index contributed by atoms with van der Waals surface area (Å²) >= 11 is 3.69. The van der Waals surface area contributed by atoms with Crippen molar-refractivity contribution in [3.05, 3.63) is 40.7 Å². The van der Waals surface area contributed by atoms with E-state index in [1.807, 2.05) is 37.0 Å². The maximum atomic E-state index is 5.63. The molecule has 0 unspecified atom stereocenters. The number of nitrogens with zero attached hydrogens (tertiary/aromatic N) is 2. The highest BCUT2D eigenvalue weighted by atomic mass is 79.9. The zero-order valence-electron chi connectivity index (χ0n) is 11.5. The molecule has 3 rings (SSSR count). The van der Waals surface area contributed by atoms with Crippen molar-refractivity contribution in [3.63, 3.8) is 0 Å². The molecule has 0 saturated carbocycles. The summed E-state index contributed by atoms with van der Waals surface area (Å²) in [6.45, 7) is 0.904. The van der Waals surface area contributed by atoms with E-state index < -0.39 is 0 Å². The SMILES string of the molecule is CNCCc1nn(C)c(-c2coc3ccccc23)c1Br. The van der Waals surface area contributed by atoms with E-state index in [1.165, 1.54) is 0 Å². The normalized spacial score (nSPS) is 11.3. The van der Waals surface area contributed by atoms with Gasteiger partial charge in [0.15, 0.2) is 0 Å². The van der Waals surface area contributed by atoms with Crippen molar-refractivity contribution in [2.75, 3.05) is 13.6 Å². The summed E-state index contributed by atoms with van der Waals surface area (Å²) in [5.41, 5.74) is 4.08. The van der Waals surface area contributed by atoms with E-state index in [1.54, 1.807) is 6.26 Å². The van der Waals surface area contributed by atoms with Crippen molar-refractivity contribution in [1.82, 2.24) is 15.1 Å². The molecule has 0 aliphatic carbocycles. The Balaban J connectivity index is 2.12. The molecule has 0 amide bonds. The fourth-order valence-electron chi connectivity index (χ4n) is 2.41. The Morgan fingerprint density at radius 2 is 2.15 bits per heavy atom. The molecule has 0 bridgehead atoms. The number of para-hydroxylation sites is 1. The summed E-state index contributed by atoms with van der Waals surface area (Å²) in [6, 6.07) is 8.05. The van der Waals surface area contributed by atoms with E-state index in [-0.39, 0.29) is 0 Å². The first-order valence-corrected chi connectivity index (χ1v) is 7.34. The third-order valence-electron chi connectivity index (χ3n) is 3.40. The first-order valence-electron chi connectivity index (χ1n) is 6.55. The second-order valence-electron chi connectivity index (χ2n) is 4.73. The summed E-state index contributed by atoms with van der Waals surface area (Å²) in [6.07, 6.45) is 2.69. The molecule has 4 nitrogen and oxygen atoms in total. The number of fused-ring (bicyclic) bond motifs is 1. The van der Waals surface area contributed by atoms with Crippen molar-refractivity contribution in [3.8, 4) is 11.3 Å². The van der Waals surface area contributed by atoms with Crippen LogP contribution in [0, 0.1) is 0 Å². The molecule has 5 heteroatoms. The Hall–Kier alpha value is -1.59. The molecule has 3 aromatic rings. The number of halogens is 1. The quantitative estimate of drug-likeness (QED) is 0.796. The average molecular weight is 334 g/mol. The number of likely N-dealkylation sites (N-methyl/N-ethyl adjacent to an activating group) is 1. The molecule has 0 fully saturated rings. The van der Waals surface area contributed by atoms with Gasteiger partial charge in [0.2, 0.25) is 0 Å². The van der Waals surface area contributed by atoms with E-state index in [9.17, 15) is 0 Å². The molecular formula is C15H16BrN3O. The van der Waals surface area contributed by atoms with Gasteiger partial charge < -0.3 is 9.73 Å². The Morgan fingerprint density at radius 3 is 2.95 bits per heavy atom. The second-order valence-corrected chi connectivity index (χ2v) is 5.52. The third kappa shape index (κ3) is 2.17. The highest BCUT2D eigenvalue weighted by Crippen LogP contribution is 2.36. The van der Waals surface area contributed by atoms with E-state index in [2.05, 4.69) is 32.4 Å². The number of hydrogen-bond donors (Lipinski definition) is 1. The lowest BCUT2D eigenvalue weighted by molar-refractivity contribution is 0.616. The van der Waals surface area contributed by atoms with Crippen molar-refractivity contribution in [2.45, 2.75) is 6.42 Å².